The van der Waals surface area contributed by atoms with Crippen LogP contribution in [0.5, 0.6) is 0 Å². The summed E-state index contributed by atoms with van der Waals surface area (Å²) in [6.07, 6.45) is 24.6. The molecule has 0 fully saturated rings. The Labute approximate surface area is 171 Å². The second kappa shape index (κ2) is 17.3. The zero-order chi connectivity index (χ0) is 19.6. The third-order valence-corrected chi connectivity index (χ3v) is 6.14. The van der Waals surface area contributed by atoms with Gasteiger partial charge in [-0.05, 0) is 24.8 Å². The van der Waals surface area contributed by atoms with Crippen molar-refractivity contribution in [3.63, 3.8) is 0 Å². The van der Waals surface area contributed by atoms with Crippen molar-refractivity contribution in [3.8, 4) is 0 Å². The first kappa shape index (κ1) is 24.3. The largest absolute Gasteiger partial charge is 0.0654 e. The lowest BCUT2D eigenvalue weighted by Crippen LogP contribution is -1.94. The highest BCUT2D eigenvalue weighted by atomic mass is 14.1. The molecular weight excluding hydrogens is 324 g/mol. The van der Waals surface area contributed by atoms with E-state index < -0.39 is 0 Å². The van der Waals surface area contributed by atoms with Gasteiger partial charge in [0, 0.05) is 0 Å². The lowest BCUT2D eigenvalue weighted by Gasteiger charge is -2.12. The fraction of sp³-hybridized carbons (Fsp3) is 0.778. The third kappa shape index (κ3) is 14.0. The summed E-state index contributed by atoms with van der Waals surface area (Å²) in [7, 11) is 0. The van der Waals surface area contributed by atoms with Crippen LogP contribution in [-0.4, -0.2) is 0 Å². The first-order valence-corrected chi connectivity index (χ1v) is 12.3. The van der Waals surface area contributed by atoms with E-state index >= 15 is 0 Å². The lowest BCUT2D eigenvalue weighted by molar-refractivity contribution is 0.521. The molecule has 1 aromatic rings. The minimum Gasteiger partial charge on any atom is -0.0654 e. The van der Waals surface area contributed by atoms with Crippen LogP contribution in [0.4, 0.5) is 0 Å². The smallest absolute Gasteiger partial charge is 0.0190 e. The standard InChI is InChI=1S/C27H48/c1-4-5-6-7-8-9-10-11-12-13-14-15-16-17-18-19-20-26(3)27-23-21-25(2)22-24-27/h21-24,26H,4-20H2,1-3H3. The molecular formula is C27H48. The number of rotatable bonds is 18. The Morgan fingerprint density at radius 3 is 1.33 bits per heavy atom. The number of hydrogen-bond donors (Lipinski definition) is 0. The van der Waals surface area contributed by atoms with Crippen molar-refractivity contribution in [3.05, 3.63) is 35.4 Å². The van der Waals surface area contributed by atoms with Gasteiger partial charge in [0.15, 0.2) is 0 Å². The molecule has 0 N–H and O–H groups in total. The monoisotopic (exact) mass is 372 g/mol. The average molecular weight is 373 g/mol. The summed E-state index contributed by atoms with van der Waals surface area (Å²) < 4.78 is 0. The van der Waals surface area contributed by atoms with Gasteiger partial charge in [-0.1, -0.05) is 146 Å². The predicted octanol–water partition coefficient (Wildman–Crippen LogP) is 9.75. The van der Waals surface area contributed by atoms with Crippen molar-refractivity contribution in [1.29, 1.82) is 0 Å². The van der Waals surface area contributed by atoms with Gasteiger partial charge in [-0.3, -0.25) is 0 Å². The van der Waals surface area contributed by atoms with Crippen molar-refractivity contribution >= 4 is 0 Å². The highest BCUT2D eigenvalue weighted by molar-refractivity contribution is 5.23. The van der Waals surface area contributed by atoms with Crippen molar-refractivity contribution in [2.24, 2.45) is 0 Å². The third-order valence-electron chi connectivity index (χ3n) is 6.14. The molecule has 0 saturated carbocycles. The maximum Gasteiger partial charge on any atom is -0.0190 e. The van der Waals surface area contributed by atoms with Crippen molar-refractivity contribution in [2.45, 2.75) is 136 Å². The molecule has 0 nitrogen and oxygen atoms in total. The van der Waals surface area contributed by atoms with Gasteiger partial charge in [0.2, 0.25) is 0 Å². The van der Waals surface area contributed by atoms with Crippen LogP contribution in [0.3, 0.4) is 0 Å². The van der Waals surface area contributed by atoms with Gasteiger partial charge in [-0.25, -0.2) is 0 Å². The van der Waals surface area contributed by atoms with Crippen LogP contribution in [0.25, 0.3) is 0 Å². The molecule has 0 aliphatic rings. The van der Waals surface area contributed by atoms with E-state index in [9.17, 15) is 0 Å². The number of benzene rings is 1. The second-order valence-corrected chi connectivity index (χ2v) is 8.90. The van der Waals surface area contributed by atoms with E-state index in [1.807, 2.05) is 0 Å². The second-order valence-electron chi connectivity index (χ2n) is 8.90. The molecule has 1 rings (SSSR count). The molecule has 0 aliphatic heterocycles. The van der Waals surface area contributed by atoms with Crippen LogP contribution in [-0.2, 0) is 0 Å². The lowest BCUT2D eigenvalue weighted by atomic mass is 9.94. The molecule has 1 unspecified atom stereocenters. The zero-order valence-electron chi connectivity index (χ0n) is 18.9. The van der Waals surface area contributed by atoms with Crippen LogP contribution >= 0.6 is 0 Å². The Balaban J connectivity index is 1.79. The highest BCUT2D eigenvalue weighted by Gasteiger charge is 2.04. The highest BCUT2D eigenvalue weighted by Crippen LogP contribution is 2.22. The van der Waals surface area contributed by atoms with E-state index in [2.05, 4.69) is 45.0 Å². The van der Waals surface area contributed by atoms with Gasteiger partial charge >= 0.3 is 0 Å². The minimum atomic E-state index is 0.720. The van der Waals surface area contributed by atoms with E-state index in [-0.39, 0.29) is 0 Å². The SMILES string of the molecule is CCCCCCCCCCCCCCCCCCC(C)c1ccc(C)cc1. The summed E-state index contributed by atoms with van der Waals surface area (Å²) >= 11 is 0. The Kier molecular flexibility index (Phi) is 15.6. The molecule has 0 heteroatoms. The summed E-state index contributed by atoms with van der Waals surface area (Å²) in [6.45, 7) is 6.85. The molecule has 0 spiro atoms. The number of unbranched alkanes of at least 4 members (excludes halogenated alkanes) is 15. The Morgan fingerprint density at radius 2 is 0.926 bits per heavy atom. The fourth-order valence-corrected chi connectivity index (χ4v) is 4.06. The maximum atomic E-state index is 2.38. The molecule has 0 aromatic heterocycles. The molecule has 1 atom stereocenters. The van der Waals surface area contributed by atoms with E-state index in [1.54, 1.807) is 0 Å². The normalized spacial score (nSPS) is 12.4. The van der Waals surface area contributed by atoms with E-state index in [1.165, 1.54) is 120 Å². The molecule has 0 bridgehead atoms. The van der Waals surface area contributed by atoms with Gasteiger partial charge in [-0.2, -0.15) is 0 Å². The van der Waals surface area contributed by atoms with Gasteiger partial charge in [-0.15, -0.1) is 0 Å². The summed E-state index contributed by atoms with van der Waals surface area (Å²) in [5.41, 5.74) is 2.88. The van der Waals surface area contributed by atoms with E-state index in [0.29, 0.717) is 0 Å². The van der Waals surface area contributed by atoms with Crippen LogP contribution in [0, 0.1) is 6.92 Å². The van der Waals surface area contributed by atoms with Crippen molar-refractivity contribution in [2.75, 3.05) is 0 Å². The zero-order valence-corrected chi connectivity index (χ0v) is 18.9. The van der Waals surface area contributed by atoms with Gasteiger partial charge in [0.1, 0.15) is 0 Å². The van der Waals surface area contributed by atoms with Gasteiger partial charge in [0.25, 0.3) is 0 Å². The van der Waals surface area contributed by atoms with E-state index in [4.69, 9.17) is 0 Å². The molecule has 0 radical (unpaired) electrons. The summed E-state index contributed by atoms with van der Waals surface area (Å²) in [5.74, 6) is 0.720. The quantitative estimate of drug-likeness (QED) is 0.225. The topological polar surface area (TPSA) is 0 Å². The average Bonchev–Trinajstić information content (AvgIpc) is 2.68. The van der Waals surface area contributed by atoms with Crippen molar-refractivity contribution in [1.82, 2.24) is 0 Å². The van der Waals surface area contributed by atoms with E-state index in [0.717, 1.165) is 5.92 Å². The molecule has 1 aromatic carbocycles. The fourth-order valence-electron chi connectivity index (χ4n) is 4.06. The Morgan fingerprint density at radius 1 is 0.556 bits per heavy atom. The molecule has 156 valence electrons. The molecule has 0 aliphatic carbocycles. The molecule has 0 amide bonds. The number of hydrogen-bond acceptors (Lipinski definition) is 0. The van der Waals surface area contributed by atoms with Crippen molar-refractivity contribution < 1.29 is 0 Å². The van der Waals surface area contributed by atoms with Crippen LogP contribution in [0.15, 0.2) is 24.3 Å². The number of aryl methyl sites for hydroxylation is 1. The van der Waals surface area contributed by atoms with Crippen LogP contribution in [0.1, 0.15) is 140 Å². The first-order valence-electron chi connectivity index (χ1n) is 12.3. The predicted molar refractivity (Wildman–Crippen MR) is 124 cm³/mol. The summed E-state index contributed by atoms with van der Waals surface area (Å²) in [5, 5.41) is 0. The molecule has 0 saturated heterocycles. The Bertz CT molecular complexity index is 416. The molecule has 27 heavy (non-hydrogen) atoms. The summed E-state index contributed by atoms with van der Waals surface area (Å²) in [4.78, 5) is 0. The minimum absolute atomic E-state index is 0.720. The summed E-state index contributed by atoms with van der Waals surface area (Å²) in [6, 6.07) is 9.12. The van der Waals surface area contributed by atoms with Crippen LogP contribution in [0.2, 0.25) is 0 Å². The van der Waals surface area contributed by atoms with Crippen LogP contribution < -0.4 is 0 Å². The Hall–Kier alpha value is -0.780. The maximum absolute atomic E-state index is 2.38. The molecule has 0 heterocycles. The first-order chi connectivity index (χ1) is 13.2. The van der Waals surface area contributed by atoms with Gasteiger partial charge < -0.3 is 0 Å². The van der Waals surface area contributed by atoms with Gasteiger partial charge in [0.05, 0.1) is 0 Å².